The van der Waals surface area contributed by atoms with E-state index in [-0.39, 0.29) is 31.1 Å². The van der Waals surface area contributed by atoms with Crippen molar-refractivity contribution in [3.8, 4) is 11.3 Å². The van der Waals surface area contributed by atoms with Gasteiger partial charge in [-0.1, -0.05) is 44.2 Å². The molecular weight excluding hydrogens is 455 g/mol. The molecule has 2 atom stereocenters. The van der Waals surface area contributed by atoms with Crippen LogP contribution in [0.4, 0.5) is 4.39 Å². The zero-order valence-corrected chi connectivity index (χ0v) is 19.8. The lowest BCUT2D eigenvalue weighted by atomic mass is 9.86. The smallest absolute Gasteiger partial charge is 0.310 e. The molecule has 1 aliphatic heterocycles. The number of esters is 1. The zero-order chi connectivity index (χ0) is 24.8. The first-order chi connectivity index (χ1) is 16.9. The van der Waals surface area contributed by atoms with Crippen LogP contribution in [0.3, 0.4) is 0 Å². The van der Waals surface area contributed by atoms with E-state index in [9.17, 15) is 18.8 Å². The van der Waals surface area contributed by atoms with Crippen molar-refractivity contribution < 1.29 is 32.7 Å². The monoisotopic (exact) mass is 486 g/mol. The molecule has 1 saturated carbocycles. The number of amides is 2. The van der Waals surface area contributed by atoms with Crippen LogP contribution in [0.25, 0.3) is 11.3 Å². The molecule has 1 aromatic carbocycles. The second kappa shape index (κ2) is 11.5. The first-order valence-electron chi connectivity index (χ1n) is 12.2. The number of halogens is 1. The van der Waals surface area contributed by atoms with Crippen LogP contribution in [0.5, 0.6) is 0 Å². The summed E-state index contributed by atoms with van der Waals surface area (Å²) in [5.74, 6) is -1.15. The lowest BCUT2D eigenvalue weighted by molar-refractivity contribution is -0.172. The van der Waals surface area contributed by atoms with Crippen molar-refractivity contribution in [2.24, 2.45) is 5.92 Å². The second-order valence-electron chi connectivity index (χ2n) is 9.01. The van der Waals surface area contributed by atoms with Gasteiger partial charge in [0.2, 0.25) is 12.2 Å². The number of rotatable bonds is 8. The predicted octanol–water partition coefficient (Wildman–Crippen LogP) is 4.60. The average molecular weight is 487 g/mol. The van der Waals surface area contributed by atoms with Crippen molar-refractivity contribution in [1.29, 1.82) is 0 Å². The highest BCUT2D eigenvalue weighted by Gasteiger charge is 2.43. The van der Waals surface area contributed by atoms with Crippen LogP contribution in [-0.4, -0.2) is 41.7 Å². The fourth-order valence-electron chi connectivity index (χ4n) is 4.72. The number of hydrogen-bond acceptors (Lipinski definition) is 6. The highest BCUT2D eigenvalue weighted by atomic mass is 19.1. The Morgan fingerprint density at radius 3 is 2.71 bits per heavy atom. The Labute approximate surface area is 203 Å². The summed E-state index contributed by atoms with van der Waals surface area (Å²) in [5, 5.41) is 1.17. The SMILES string of the molecule is CCO[C@H]1OC(=O)C[C@@H]1N(NC(=O)c1ccc(-c2cccc(F)c2)o1)C(=O)CCC1CCCCC1. The maximum Gasteiger partial charge on any atom is 0.310 e. The second-order valence-corrected chi connectivity index (χ2v) is 9.01. The van der Waals surface area contributed by atoms with E-state index in [0.29, 0.717) is 17.2 Å². The molecular formula is C26H31FN2O6. The topological polar surface area (TPSA) is 98.1 Å². The van der Waals surface area contributed by atoms with Crippen LogP contribution in [0.15, 0.2) is 40.8 Å². The lowest BCUT2D eigenvalue weighted by Gasteiger charge is -2.31. The molecule has 1 aromatic heterocycles. The van der Waals surface area contributed by atoms with Gasteiger partial charge >= 0.3 is 11.9 Å². The molecule has 2 aromatic rings. The quantitative estimate of drug-likeness (QED) is 0.433. The van der Waals surface area contributed by atoms with Crippen LogP contribution < -0.4 is 5.43 Å². The van der Waals surface area contributed by atoms with Gasteiger partial charge in [0, 0.05) is 18.6 Å². The normalized spacial score (nSPS) is 20.5. The number of benzene rings is 1. The number of cyclic esters (lactones) is 1. The van der Waals surface area contributed by atoms with E-state index in [1.807, 2.05) is 0 Å². The zero-order valence-electron chi connectivity index (χ0n) is 19.8. The number of ether oxygens (including phenoxy) is 2. The van der Waals surface area contributed by atoms with E-state index in [1.165, 1.54) is 42.5 Å². The van der Waals surface area contributed by atoms with E-state index in [0.717, 1.165) is 19.3 Å². The Balaban J connectivity index is 1.49. The van der Waals surface area contributed by atoms with Crippen molar-refractivity contribution in [2.75, 3.05) is 6.61 Å². The predicted molar refractivity (Wildman–Crippen MR) is 124 cm³/mol. The number of hydrazine groups is 1. The van der Waals surface area contributed by atoms with E-state index >= 15 is 0 Å². The maximum atomic E-state index is 13.6. The minimum atomic E-state index is -0.967. The Morgan fingerprint density at radius 2 is 1.97 bits per heavy atom. The number of nitrogens with one attached hydrogen (secondary N) is 1. The average Bonchev–Trinajstić information content (AvgIpc) is 3.49. The fourth-order valence-corrected chi connectivity index (χ4v) is 4.72. The van der Waals surface area contributed by atoms with Gasteiger partial charge in [-0.05, 0) is 43.5 Å². The van der Waals surface area contributed by atoms with Gasteiger partial charge in [0.1, 0.15) is 17.6 Å². The van der Waals surface area contributed by atoms with Crippen molar-refractivity contribution in [3.05, 3.63) is 48.0 Å². The van der Waals surface area contributed by atoms with Gasteiger partial charge in [-0.3, -0.25) is 19.8 Å². The number of furan rings is 1. The summed E-state index contributed by atoms with van der Waals surface area (Å²) in [6.07, 6.45) is 5.66. The van der Waals surface area contributed by atoms with Gasteiger partial charge in [0.25, 0.3) is 0 Å². The van der Waals surface area contributed by atoms with Gasteiger partial charge in [-0.25, -0.2) is 9.40 Å². The minimum absolute atomic E-state index is 0.0486. The lowest BCUT2D eigenvalue weighted by Crippen LogP contribution is -2.55. The van der Waals surface area contributed by atoms with Crippen LogP contribution in [0.1, 0.15) is 68.8 Å². The molecule has 1 saturated heterocycles. The molecule has 0 spiro atoms. The number of hydrogen-bond donors (Lipinski definition) is 1. The molecule has 9 heteroatoms. The van der Waals surface area contributed by atoms with Crippen LogP contribution >= 0.6 is 0 Å². The summed E-state index contributed by atoms with van der Waals surface area (Å²) in [6.45, 7) is 2.04. The van der Waals surface area contributed by atoms with Crippen LogP contribution in [0.2, 0.25) is 0 Å². The van der Waals surface area contributed by atoms with E-state index < -0.39 is 30.0 Å². The maximum absolute atomic E-state index is 13.6. The summed E-state index contributed by atoms with van der Waals surface area (Å²) in [6, 6.07) is 8.05. The Bertz CT molecular complexity index is 1050. The molecule has 35 heavy (non-hydrogen) atoms. The van der Waals surface area contributed by atoms with Gasteiger partial charge in [-0.2, -0.15) is 0 Å². The fraction of sp³-hybridized carbons (Fsp3) is 0.500. The highest BCUT2D eigenvalue weighted by molar-refractivity contribution is 5.93. The number of nitrogens with zero attached hydrogens (tertiary/aromatic N) is 1. The summed E-state index contributed by atoms with van der Waals surface area (Å²) in [7, 11) is 0. The van der Waals surface area contributed by atoms with E-state index in [2.05, 4.69) is 5.43 Å². The highest BCUT2D eigenvalue weighted by Crippen LogP contribution is 2.29. The Hall–Kier alpha value is -3.20. The van der Waals surface area contributed by atoms with Gasteiger partial charge in [0.05, 0.1) is 6.42 Å². The number of carbonyl (C=O) groups is 3. The molecule has 2 heterocycles. The van der Waals surface area contributed by atoms with Crippen LogP contribution in [0, 0.1) is 11.7 Å². The van der Waals surface area contributed by atoms with Gasteiger partial charge in [0.15, 0.2) is 5.76 Å². The standard InChI is InChI=1S/C26H31FN2O6/c1-2-33-26-20(16-24(31)35-26)29(23(30)14-11-17-7-4-3-5-8-17)28-25(32)22-13-12-21(34-22)18-9-6-10-19(27)15-18/h6,9-10,12-13,15,17,20,26H,2-5,7-8,11,14,16H2,1H3,(H,28,32)/t20-,26-/m0/s1. The molecule has 1 aliphatic carbocycles. The molecule has 1 N–H and O–H groups in total. The van der Waals surface area contributed by atoms with E-state index in [4.69, 9.17) is 13.9 Å². The molecule has 0 radical (unpaired) electrons. The molecule has 2 aliphatic rings. The third-order valence-corrected chi connectivity index (χ3v) is 6.52. The number of carbonyl (C=O) groups excluding carboxylic acids is 3. The molecule has 2 fully saturated rings. The van der Waals surface area contributed by atoms with Gasteiger partial charge in [-0.15, -0.1) is 0 Å². The molecule has 0 bridgehead atoms. The molecule has 0 unspecified atom stereocenters. The third-order valence-electron chi connectivity index (χ3n) is 6.52. The largest absolute Gasteiger partial charge is 0.451 e. The van der Waals surface area contributed by atoms with E-state index in [1.54, 1.807) is 25.1 Å². The van der Waals surface area contributed by atoms with Crippen molar-refractivity contribution in [1.82, 2.24) is 10.4 Å². The van der Waals surface area contributed by atoms with Gasteiger partial charge < -0.3 is 13.9 Å². The van der Waals surface area contributed by atoms with Crippen molar-refractivity contribution in [3.63, 3.8) is 0 Å². The van der Waals surface area contributed by atoms with Crippen LogP contribution in [-0.2, 0) is 19.1 Å². The first-order valence-corrected chi connectivity index (χ1v) is 12.2. The molecule has 8 nitrogen and oxygen atoms in total. The third kappa shape index (κ3) is 6.28. The summed E-state index contributed by atoms with van der Waals surface area (Å²) < 4.78 is 30.0. The summed E-state index contributed by atoms with van der Waals surface area (Å²) >= 11 is 0. The Kier molecular flexibility index (Phi) is 8.17. The summed E-state index contributed by atoms with van der Waals surface area (Å²) in [4.78, 5) is 38.3. The molecule has 2 amide bonds. The van der Waals surface area contributed by atoms with Crippen molar-refractivity contribution in [2.45, 2.75) is 70.6 Å². The molecule has 4 rings (SSSR count). The first kappa shape index (κ1) is 24.9. The molecule has 188 valence electrons. The summed E-state index contributed by atoms with van der Waals surface area (Å²) in [5.41, 5.74) is 3.09. The Morgan fingerprint density at radius 1 is 1.17 bits per heavy atom. The minimum Gasteiger partial charge on any atom is -0.451 e. The van der Waals surface area contributed by atoms with Crippen molar-refractivity contribution >= 4 is 17.8 Å².